The van der Waals surface area contributed by atoms with Crippen molar-refractivity contribution in [3.8, 4) is 39.7 Å². The number of nitrogens with one attached hydrogen (secondary N) is 1. The molecule has 0 radical (unpaired) electrons. The van der Waals surface area contributed by atoms with Crippen molar-refractivity contribution in [2.75, 3.05) is 6.61 Å². The molecule has 18 heteroatoms. The monoisotopic (exact) mass is 1030 g/mol. The number of nitrogens with zero attached hydrogens (tertiary/aromatic N) is 6. The van der Waals surface area contributed by atoms with E-state index in [1.54, 1.807) is 36.4 Å². The molecular formula is C58H58FN7O10. The van der Waals surface area contributed by atoms with Gasteiger partial charge < -0.3 is 34.3 Å². The molecule has 392 valence electrons. The number of carbonyl (C=O) groups excluding carboxylic acids is 2. The molecule has 1 unspecified atom stereocenters. The van der Waals surface area contributed by atoms with Gasteiger partial charge in [-0.15, -0.1) is 10.2 Å². The summed E-state index contributed by atoms with van der Waals surface area (Å²) in [5.74, 6) is -1.24. The number of esters is 1. The summed E-state index contributed by atoms with van der Waals surface area (Å²) in [6, 6.07) is 35.6. The maximum absolute atomic E-state index is 13.6. The number of ether oxygens (including phenoxy) is 4. The predicted molar refractivity (Wildman–Crippen MR) is 281 cm³/mol. The van der Waals surface area contributed by atoms with E-state index in [1.165, 1.54) is 19.1 Å². The number of halogens is 1. The van der Waals surface area contributed by atoms with Crippen LogP contribution in [0, 0.1) is 5.82 Å². The summed E-state index contributed by atoms with van der Waals surface area (Å²) < 4.78 is 37.5. The van der Waals surface area contributed by atoms with Gasteiger partial charge in [0.05, 0.1) is 59.6 Å². The molecule has 3 aromatic heterocycles. The first-order valence-electron chi connectivity index (χ1n) is 25.5. The molecule has 0 amide bonds. The minimum Gasteiger partial charge on any atom is -0.481 e. The highest BCUT2D eigenvalue weighted by Gasteiger charge is 2.30. The van der Waals surface area contributed by atoms with Gasteiger partial charge in [-0.05, 0) is 103 Å². The normalized spacial score (nSPS) is 14.9. The molecule has 2 fully saturated rings. The Kier molecular flexibility index (Phi) is 16.8. The number of aliphatic hydroxyl groups is 2. The van der Waals surface area contributed by atoms with E-state index in [9.17, 15) is 29.0 Å². The minimum atomic E-state index is -1.14. The van der Waals surface area contributed by atoms with Crippen molar-refractivity contribution >= 4 is 46.1 Å². The summed E-state index contributed by atoms with van der Waals surface area (Å²) in [5.41, 5.74) is 9.60. The molecule has 2 aliphatic carbocycles. The van der Waals surface area contributed by atoms with E-state index in [4.69, 9.17) is 29.0 Å². The number of pyridine rings is 1. The number of aromatic amines is 1. The van der Waals surface area contributed by atoms with Gasteiger partial charge in [0.2, 0.25) is 12.1 Å². The number of tetrazole rings is 1. The Hall–Kier alpha value is -8.35. The lowest BCUT2D eigenvalue weighted by atomic mass is 9.92. The average molecular weight is 1030 g/mol. The van der Waals surface area contributed by atoms with Gasteiger partial charge in [-0.1, -0.05) is 104 Å². The van der Waals surface area contributed by atoms with Crippen LogP contribution in [0.4, 0.5) is 9.18 Å². The second kappa shape index (κ2) is 24.3. The third-order valence-electron chi connectivity index (χ3n) is 13.2. The van der Waals surface area contributed by atoms with Crippen molar-refractivity contribution in [2.45, 2.75) is 109 Å². The zero-order valence-corrected chi connectivity index (χ0v) is 42.0. The zero-order chi connectivity index (χ0) is 53.1. The number of fused-ring (bicyclic) bond motifs is 2. The summed E-state index contributed by atoms with van der Waals surface area (Å²) in [4.78, 5) is 46.0. The molecule has 8 aromatic rings. The SMILES string of the molecule is CCOc1nc2cccc(C(=O)OC(C)OC(=O)OC3CCCCC3)c2n1Cc1ccc(-c2ccccc2-c2nn[nH]n2)cc1.O=C(O)C[C@H](O)C[C@H](O)/C=C/c1c(C2CC2)nc2ccccc2c1-c1ccc(F)cc1. The van der Waals surface area contributed by atoms with Gasteiger partial charge in [-0.3, -0.25) is 14.3 Å². The molecule has 3 atom stereocenters. The number of aliphatic hydroxyl groups excluding tert-OH is 2. The molecule has 0 bridgehead atoms. The highest BCUT2D eigenvalue weighted by atomic mass is 19.1. The van der Waals surface area contributed by atoms with Gasteiger partial charge in [0, 0.05) is 41.3 Å². The largest absolute Gasteiger partial charge is 0.511 e. The Morgan fingerprint density at radius 2 is 1.53 bits per heavy atom. The van der Waals surface area contributed by atoms with Crippen LogP contribution in [0.1, 0.15) is 105 Å². The maximum atomic E-state index is 13.6. The van der Waals surface area contributed by atoms with Crippen molar-refractivity contribution in [1.29, 1.82) is 0 Å². The van der Waals surface area contributed by atoms with Crippen LogP contribution in [-0.4, -0.2) is 99.8 Å². The number of benzene rings is 5. The number of H-pyrrole nitrogens is 1. The van der Waals surface area contributed by atoms with E-state index in [0.717, 1.165) is 100 Å². The number of hydrogen-bond donors (Lipinski definition) is 4. The van der Waals surface area contributed by atoms with Crippen LogP contribution in [0.5, 0.6) is 6.01 Å². The third-order valence-corrected chi connectivity index (χ3v) is 13.2. The van der Waals surface area contributed by atoms with E-state index in [-0.39, 0.29) is 23.9 Å². The Balaban J connectivity index is 0.000000199. The first-order valence-corrected chi connectivity index (χ1v) is 25.5. The van der Waals surface area contributed by atoms with Crippen LogP contribution in [0.15, 0.2) is 121 Å². The highest BCUT2D eigenvalue weighted by molar-refractivity contribution is 6.03. The first-order chi connectivity index (χ1) is 36.9. The lowest BCUT2D eigenvalue weighted by molar-refractivity contribution is -0.139. The summed E-state index contributed by atoms with van der Waals surface area (Å²) in [7, 11) is 0. The summed E-state index contributed by atoms with van der Waals surface area (Å²) in [6.45, 7) is 4.13. The van der Waals surface area contributed by atoms with E-state index >= 15 is 0 Å². The summed E-state index contributed by atoms with van der Waals surface area (Å²) in [6.07, 6.45) is 5.45. The number of aromatic nitrogens is 7. The molecule has 10 rings (SSSR count). The number of hydrogen-bond acceptors (Lipinski definition) is 14. The van der Waals surface area contributed by atoms with Crippen LogP contribution < -0.4 is 4.74 Å². The molecule has 5 aromatic carbocycles. The summed E-state index contributed by atoms with van der Waals surface area (Å²) >= 11 is 0. The van der Waals surface area contributed by atoms with E-state index in [1.807, 2.05) is 90.4 Å². The van der Waals surface area contributed by atoms with E-state index in [0.29, 0.717) is 41.9 Å². The lowest BCUT2D eigenvalue weighted by Gasteiger charge is -2.22. The van der Waals surface area contributed by atoms with Crippen molar-refractivity contribution in [1.82, 2.24) is 35.2 Å². The number of imidazole rings is 1. The van der Waals surface area contributed by atoms with Crippen molar-refractivity contribution < 1.29 is 53.0 Å². The second-order valence-electron chi connectivity index (χ2n) is 18.8. The molecule has 0 saturated heterocycles. The van der Waals surface area contributed by atoms with Crippen LogP contribution >= 0.6 is 0 Å². The maximum Gasteiger partial charge on any atom is 0.511 e. The Morgan fingerprint density at radius 3 is 2.24 bits per heavy atom. The molecule has 0 spiro atoms. The van der Waals surface area contributed by atoms with Crippen molar-refractivity contribution in [3.05, 3.63) is 150 Å². The van der Waals surface area contributed by atoms with E-state index in [2.05, 4.69) is 25.6 Å². The smallest absolute Gasteiger partial charge is 0.481 e. The number of carboxylic acid groups (broad SMARTS) is 1. The van der Waals surface area contributed by atoms with Crippen LogP contribution in [-0.2, 0) is 25.5 Å². The van der Waals surface area contributed by atoms with Gasteiger partial charge in [0.25, 0.3) is 6.01 Å². The topological polar surface area (TPSA) is 234 Å². The third kappa shape index (κ3) is 12.9. The highest BCUT2D eigenvalue weighted by Crippen LogP contribution is 2.45. The molecule has 4 N–H and O–H groups in total. The van der Waals surface area contributed by atoms with Gasteiger partial charge >= 0.3 is 18.1 Å². The Morgan fingerprint density at radius 1 is 0.816 bits per heavy atom. The fourth-order valence-corrected chi connectivity index (χ4v) is 9.47. The molecular weight excluding hydrogens is 974 g/mol. The Bertz CT molecular complexity index is 3320. The number of carbonyl (C=O) groups is 3. The second-order valence-corrected chi connectivity index (χ2v) is 18.8. The number of aliphatic carboxylic acids is 1. The molecule has 0 aliphatic heterocycles. The van der Waals surface area contributed by atoms with Gasteiger partial charge in [0.15, 0.2) is 0 Å². The summed E-state index contributed by atoms with van der Waals surface area (Å²) in [5, 5.41) is 44.3. The fraction of sp³-hybridized carbons (Fsp3) is 0.310. The van der Waals surface area contributed by atoms with Crippen molar-refractivity contribution in [2.24, 2.45) is 0 Å². The first kappa shape index (κ1) is 52.5. The molecule has 17 nitrogen and oxygen atoms in total. The Labute approximate surface area is 437 Å². The fourth-order valence-electron chi connectivity index (χ4n) is 9.47. The molecule has 2 saturated carbocycles. The van der Waals surface area contributed by atoms with Crippen LogP contribution in [0.2, 0.25) is 0 Å². The average Bonchev–Trinajstić information content (AvgIpc) is 4.04. The van der Waals surface area contributed by atoms with Crippen molar-refractivity contribution in [3.63, 3.8) is 0 Å². The minimum absolute atomic E-state index is 0.0749. The van der Waals surface area contributed by atoms with Gasteiger partial charge in [-0.2, -0.15) is 10.2 Å². The van der Waals surface area contributed by atoms with Crippen LogP contribution in [0.3, 0.4) is 0 Å². The molecule has 3 heterocycles. The zero-order valence-electron chi connectivity index (χ0n) is 42.0. The molecule has 2 aliphatic rings. The lowest BCUT2D eigenvalue weighted by Crippen LogP contribution is -2.26. The standard InChI is InChI=1S/C33H34N6O6.C25H24FNO4/c1-3-42-32-34-28-15-9-14-27(31(40)43-21(2)44-33(41)45-24-10-5-4-6-11-24)29(28)39(32)20-22-16-18-23(19-17-22)25-12-7-8-13-26(25)30-35-37-38-36-30;26-17-9-7-15(8-10-17)24-20-3-1-2-4-22(20)27-25(16-5-6-16)21(24)12-11-18(28)13-19(29)14-23(30)31/h7-9,12-19,21,24H,3-6,10-11,20H2,1-2H3,(H,35,36,37,38);1-4,7-12,16,18-19,28-29H,5-6,13-14H2,(H,30,31)/b;12-11+/t;18-,19-/m.1/s1. The van der Waals surface area contributed by atoms with Crippen LogP contribution in [0.25, 0.3) is 61.7 Å². The predicted octanol–water partition coefficient (Wildman–Crippen LogP) is 10.8. The number of carboxylic acids is 1. The molecule has 76 heavy (non-hydrogen) atoms. The quantitative estimate of drug-likeness (QED) is 0.0462. The van der Waals surface area contributed by atoms with Gasteiger partial charge in [0.1, 0.15) is 11.9 Å². The van der Waals surface area contributed by atoms with Gasteiger partial charge in [-0.25, -0.2) is 14.0 Å². The number of para-hydroxylation sites is 2. The van der Waals surface area contributed by atoms with E-state index < -0.39 is 43.0 Å². The number of rotatable bonds is 18.